The van der Waals surface area contributed by atoms with Gasteiger partial charge in [-0.1, -0.05) is 42.0 Å². The summed E-state index contributed by atoms with van der Waals surface area (Å²) in [5.41, 5.74) is 13.8. The van der Waals surface area contributed by atoms with Crippen LogP contribution in [0.25, 0.3) is 33.2 Å². The van der Waals surface area contributed by atoms with Crippen molar-refractivity contribution in [3.8, 4) is 28.3 Å². The minimum absolute atomic E-state index is 0.0188. The Labute approximate surface area is 193 Å². The van der Waals surface area contributed by atoms with Crippen LogP contribution in [0.3, 0.4) is 0 Å². The molecule has 0 unspecified atom stereocenters. The van der Waals surface area contributed by atoms with Gasteiger partial charge in [0.25, 0.3) is 5.91 Å². The molecule has 0 saturated carbocycles. The van der Waals surface area contributed by atoms with Crippen molar-refractivity contribution < 1.29 is 4.79 Å². The summed E-state index contributed by atoms with van der Waals surface area (Å²) in [7, 11) is 0. The number of H-pyrrole nitrogens is 1. The van der Waals surface area contributed by atoms with Crippen molar-refractivity contribution in [2.75, 3.05) is 13.1 Å². The van der Waals surface area contributed by atoms with Crippen LogP contribution < -0.4 is 5.73 Å². The molecule has 0 spiro atoms. The number of amides is 1. The van der Waals surface area contributed by atoms with Gasteiger partial charge >= 0.3 is 0 Å². The number of likely N-dealkylation sites (tertiary alicyclic amines) is 1. The van der Waals surface area contributed by atoms with Gasteiger partial charge in [0, 0.05) is 36.2 Å². The summed E-state index contributed by atoms with van der Waals surface area (Å²) in [4.78, 5) is 18.5. The number of nitriles is 1. The lowest BCUT2D eigenvalue weighted by atomic mass is 9.91. The Balaban J connectivity index is 1.66. The van der Waals surface area contributed by atoms with Crippen LogP contribution in [-0.4, -0.2) is 34.9 Å². The monoisotopic (exact) mass is 434 g/mol. The van der Waals surface area contributed by atoms with Gasteiger partial charge in [0.15, 0.2) is 0 Å². The fourth-order valence-corrected chi connectivity index (χ4v) is 4.65. The van der Waals surface area contributed by atoms with E-state index >= 15 is 0 Å². The van der Waals surface area contributed by atoms with E-state index in [0.29, 0.717) is 17.7 Å². The van der Waals surface area contributed by atoms with E-state index in [1.54, 1.807) is 0 Å². The molecule has 3 N–H and O–H groups in total. The quantitative estimate of drug-likeness (QED) is 0.462. The second kappa shape index (κ2) is 8.57. The largest absolute Gasteiger partial charge is 0.360 e. The van der Waals surface area contributed by atoms with Crippen LogP contribution in [0.5, 0.6) is 0 Å². The van der Waals surface area contributed by atoms with Gasteiger partial charge in [-0.05, 0) is 66.3 Å². The molecule has 1 fully saturated rings. The standard InChI is InChI=1S/C28H26N4O/c1-18-4-8-20(9-5-18)24-14-27-25(13-23(24)21-10-6-19(15-29)7-11-21)26(16-31-27)28(33)32-12-2-3-22(30)17-32/h4-11,13-14,16,22,31H,2-3,12,17,30H2,1H3/t22-/m1/s1. The molecule has 0 bridgehead atoms. The van der Waals surface area contributed by atoms with Crippen molar-refractivity contribution in [1.82, 2.24) is 9.88 Å². The number of hydrogen-bond acceptors (Lipinski definition) is 3. The lowest BCUT2D eigenvalue weighted by Crippen LogP contribution is -2.45. The summed E-state index contributed by atoms with van der Waals surface area (Å²) in [6.45, 7) is 3.41. The van der Waals surface area contributed by atoms with Crippen LogP contribution in [0.1, 0.15) is 34.3 Å². The molecule has 0 radical (unpaired) electrons. The summed E-state index contributed by atoms with van der Waals surface area (Å²) >= 11 is 0. The van der Waals surface area contributed by atoms with Gasteiger partial charge in [-0.2, -0.15) is 5.26 Å². The van der Waals surface area contributed by atoms with E-state index in [0.717, 1.165) is 52.5 Å². The molecule has 1 saturated heterocycles. The molecule has 4 aromatic rings. The molecule has 0 aliphatic carbocycles. The third-order valence-electron chi connectivity index (χ3n) is 6.48. The Morgan fingerprint density at radius 1 is 1.06 bits per heavy atom. The highest BCUT2D eigenvalue weighted by Gasteiger charge is 2.25. The summed E-state index contributed by atoms with van der Waals surface area (Å²) in [5, 5.41) is 10.1. The van der Waals surface area contributed by atoms with Crippen molar-refractivity contribution in [1.29, 1.82) is 5.26 Å². The van der Waals surface area contributed by atoms with Crippen LogP contribution in [0.2, 0.25) is 0 Å². The normalized spacial score (nSPS) is 16.0. The zero-order valence-electron chi connectivity index (χ0n) is 18.6. The van der Waals surface area contributed by atoms with E-state index in [4.69, 9.17) is 5.73 Å². The number of fused-ring (bicyclic) bond motifs is 1. The second-order valence-electron chi connectivity index (χ2n) is 8.85. The Kier molecular flexibility index (Phi) is 5.45. The highest BCUT2D eigenvalue weighted by Crippen LogP contribution is 2.37. The van der Waals surface area contributed by atoms with Crippen molar-refractivity contribution in [2.24, 2.45) is 5.73 Å². The average molecular weight is 435 g/mol. The number of carbonyl (C=O) groups excluding carboxylic acids is 1. The smallest absolute Gasteiger partial charge is 0.256 e. The van der Waals surface area contributed by atoms with Gasteiger partial charge in [-0.3, -0.25) is 4.79 Å². The number of piperidine rings is 1. The first-order valence-corrected chi connectivity index (χ1v) is 11.3. The maximum Gasteiger partial charge on any atom is 0.256 e. The van der Waals surface area contributed by atoms with Crippen molar-refractivity contribution >= 4 is 16.8 Å². The van der Waals surface area contributed by atoms with Crippen LogP contribution in [0.4, 0.5) is 0 Å². The molecule has 5 rings (SSSR count). The number of nitrogens with zero attached hydrogens (tertiary/aromatic N) is 2. The number of aromatic nitrogens is 1. The molecular weight excluding hydrogens is 408 g/mol. The third kappa shape index (κ3) is 4.02. The van der Waals surface area contributed by atoms with E-state index in [1.165, 1.54) is 5.56 Å². The van der Waals surface area contributed by atoms with E-state index in [9.17, 15) is 10.1 Å². The molecule has 3 aromatic carbocycles. The molecule has 1 amide bonds. The molecule has 2 heterocycles. The average Bonchev–Trinajstić information content (AvgIpc) is 3.26. The van der Waals surface area contributed by atoms with Gasteiger partial charge in [0.2, 0.25) is 0 Å². The van der Waals surface area contributed by atoms with E-state index < -0.39 is 0 Å². The Hall–Kier alpha value is -3.88. The first-order valence-electron chi connectivity index (χ1n) is 11.3. The highest BCUT2D eigenvalue weighted by atomic mass is 16.2. The Morgan fingerprint density at radius 2 is 1.73 bits per heavy atom. The van der Waals surface area contributed by atoms with Crippen LogP contribution in [0.15, 0.2) is 66.9 Å². The summed E-state index contributed by atoms with van der Waals surface area (Å²) in [6, 6.07) is 22.5. The van der Waals surface area contributed by atoms with Gasteiger partial charge in [-0.15, -0.1) is 0 Å². The molecule has 1 atom stereocenters. The summed E-state index contributed by atoms with van der Waals surface area (Å²) in [6.07, 6.45) is 3.71. The van der Waals surface area contributed by atoms with Crippen LogP contribution in [0, 0.1) is 18.3 Å². The molecule has 5 nitrogen and oxygen atoms in total. The topological polar surface area (TPSA) is 85.9 Å². The van der Waals surface area contributed by atoms with Crippen molar-refractivity contribution in [2.45, 2.75) is 25.8 Å². The Bertz CT molecular complexity index is 1360. The number of aryl methyl sites for hydroxylation is 1. The predicted octanol–water partition coefficient (Wildman–Crippen LogP) is 5.25. The zero-order valence-corrected chi connectivity index (χ0v) is 18.6. The van der Waals surface area contributed by atoms with E-state index in [2.05, 4.69) is 54.4 Å². The van der Waals surface area contributed by atoms with Crippen molar-refractivity contribution in [3.05, 3.63) is 83.6 Å². The summed E-state index contributed by atoms with van der Waals surface area (Å²) in [5.74, 6) is 0.0188. The number of rotatable bonds is 3. The van der Waals surface area contributed by atoms with Crippen LogP contribution in [-0.2, 0) is 0 Å². The van der Waals surface area contributed by atoms with Crippen LogP contribution >= 0.6 is 0 Å². The molecule has 1 aliphatic heterocycles. The fraction of sp³-hybridized carbons (Fsp3) is 0.214. The van der Waals surface area contributed by atoms with Gasteiger partial charge in [-0.25, -0.2) is 0 Å². The third-order valence-corrected chi connectivity index (χ3v) is 6.48. The van der Waals surface area contributed by atoms with Gasteiger partial charge in [0.05, 0.1) is 17.2 Å². The first-order chi connectivity index (χ1) is 16.0. The fourth-order valence-electron chi connectivity index (χ4n) is 4.65. The van der Waals surface area contributed by atoms with Gasteiger partial charge < -0.3 is 15.6 Å². The van der Waals surface area contributed by atoms with Gasteiger partial charge in [0.1, 0.15) is 0 Å². The molecule has 1 aliphatic rings. The van der Waals surface area contributed by atoms with E-state index in [1.807, 2.05) is 35.4 Å². The maximum atomic E-state index is 13.4. The number of aromatic amines is 1. The minimum atomic E-state index is 0.0188. The highest BCUT2D eigenvalue weighted by molar-refractivity contribution is 6.09. The number of nitrogens with two attached hydrogens (primary N) is 1. The molecule has 164 valence electrons. The SMILES string of the molecule is Cc1ccc(-c2cc3[nH]cc(C(=O)N4CCC[C@@H](N)C4)c3cc2-c2ccc(C#N)cc2)cc1. The zero-order chi connectivity index (χ0) is 22.9. The molecule has 1 aromatic heterocycles. The first kappa shape index (κ1) is 21.0. The lowest BCUT2D eigenvalue weighted by Gasteiger charge is -2.30. The number of hydrogen-bond donors (Lipinski definition) is 2. The van der Waals surface area contributed by atoms with E-state index in [-0.39, 0.29) is 11.9 Å². The molecule has 33 heavy (non-hydrogen) atoms. The summed E-state index contributed by atoms with van der Waals surface area (Å²) < 4.78 is 0. The number of nitrogens with one attached hydrogen (secondary N) is 1. The number of carbonyl (C=O) groups is 1. The second-order valence-corrected chi connectivity index (χ2v) is 8.85. The maximum absolute atomic E-state index is 13.4. The van der Waals surface area contributed by atoms with Crippen molar-refractivity contribution in [3.63, 3.8) is 0 Å². The molecule has 5 heteroatoms. The number of benzene rings is 3. The minimum Gasteiger partial charge on any atom is -0.360 e. The lowest BCUT2D eigenvalue weighted by molar-refractivity contribution is 0.0711. The Morgan fingerprint density at radius 3 is 2.39 bits per heavy atom. The predicted molar refractivity (Wildman–Crippen MR) is 132 cm³/mol. The molecular formula is C28H26N4O.